The predicted molar refractivity (Wildman–Crippen MR) is 87.6 cm³/mol. The number of hydrogen-bond donors (Lipinski definition) is 2. The van der Waals surface area contributed by atoms with Crippen LogP contribution in [-0.4, -0.2) is 41.4 Å². The van der Waals surface area contributed by atoms with Gasteiger partial charge in [-0.1, -0.05) is 5.21 Å². The minimum atomic E-state index is -1.05. The van der Waals surface area contributed by atoms with Gasteiger partial charge in [-0.3, -0.25) is 18.8 Å². The molecule has 3 heterocycles. The van der Waals surface area contributed by atoms with Crippen molar-refractivity contribution in [2.45, 2.75) is 26.9 Å². The molecular formula is C14H14N6O4S. The Bertz CT molecular complexity index is 1030. The van der Waals surface area contributed by atoms with Crippen LogP contribution in [-0.2, 0) is 17.9 Å². The molecule has 0 atom stereocenters. The average Bonchev–Trinajstić information content (AvgIpc) is 3.10. The normalized spacial score (nSPS) is 11.0. The molecule has 3 rings (SSSR count). The summed E-state index contributed by atoms with van der Waals surface area (Å²) in [6.07, 6.45) is 2.67. The van der Waals surface area contributed by atoms with Crippen LogP contribution in [0.5, 0.6) is 0 Å². The first kappa shape index (κ1) is 16.8. The topological polar surface area (TPSA) is 131 Å². The van der Waals surface area contributed by atoms with E-state index < -0.39 is 17.4 Å². The van der Waals surface area contributed by atoms with Gasteiger partial charge < -0.3 is 10.4 Å². The van der Waals surface area contributed by atoms with Crippen LogP contribution >= 0.6 is 11.3 Å². The van der Waals surface area contributed by atoms with E-state index in [9.17, 15) is 14.4 Å². The Morgan fingerprint density at radius 1 is 1.36 bits per heavy atom. The van der Waals surface area contributed by atoms with Crippen molar-refractivity contribution in [3.8, 4) is 0 Å². The highest BCUT2D eigenvalue weighted by Crippen LogP contribution is 2.18. The molecule has 2 N–H and O–H groups in total. The molecule has 3 aromatic rings. The number of amides is 1. The number of fused-ring (bicyclic) bond motifs is 1. The second-order valence-electron chi connectivity index (χ2n) is 5.32. The number of nitrogens with one attached hydrogen (secondary N) is 1. The molecule has 25 heavy (non-hydrogen) atoms. The number of aryl methyl sites for hydroxylation is 2. The number of nitrogens with zero attached hydrogens (tertiary/aromatic N) is 5. The molecule has 0 bridgehead atoms. The maximum absolute atomic E-state index is 12.5. The number of rotatable bonds is 5. The molecule has 1 amide bonds. The van der Waals surface area contributed by atoms with Crippen molar-refractivity contribution in [3.63, 3.8) is 0 Å². The van der Waals surface area contributed by atoms with E-state index >= 15 is 0 Å². The van der Waals surface area contributed by atoms with Gasteiger partial charge in [0, 0.05) is 16.8 Å². The lowest BCUT2D eigenvalue weighted by Gasteiger charge is -2.03. The quantitative estimate of drug-likeness (QED) is 0.652. The van der Waals surface area contributed by atoms with Crippen molar-refractivity contribution in [1.29, 1.82) is 0 Å². The van der Waals surface area contributed by atoms with Crippen LogP contribution in [0.25, 0.3) is 4.96 Å². The zero-order chi connectivity index (χ0) is 18.1. The molecule has 0 aliphatic heterocycles. The van der Waals surface area contributed by atoms with Gasteiger partial charge in [-0.2, -0.15) is 0 Å². The smallest absolute Gasteiger partial charge is 0.325 e. The van der Waals surface area contributed by atoms with Gasteiger partial charge >= 0.3 is 5.97 Å². The molecule has 0 aliphatic carbocycles. The second kappa shape index (κ2) is 6.43. The monoisotopic (exact) mass is 362 g/mol. The molecule has 0 aromatic carbocycles. The van der Waals surface area contributed by atoms with Crippen LogP contribution in [0.2, 0.25) is 0 Å². The molecule has 130 valence electrons. The number of carbonyl (C=O) groups is 2. The third-order valence-corrected chi connectivity index (χ3v) is 4.65. The molecule has 3 aromatic heterocycles. The highest BCUT2D eigenvalue weighted by atomic mass is 32.1. The number of hydrogen-bond acceptors (Lipinski definition) is 7. The summed E-state index contributed by atoms with van der Waals surface area (Å²) in [4.78, 5) is 41.0. The molecule has 0 fully saturated rings. The van der Waals surface area contributed by atoms with Crippen molar-refractivity contribution in [2.75, 3.05) is 0 Å². The lowest BCUT2D eigenvalue weighted by molar-refractivity contribution is -0.137. The van der Waals surface area contributed by atoms with Crippen molar-refractivity contribution in [3.05, 3.63) is 44.6 Å². The van der Waals surface area contributed by atoms with E-state index in [0.29, 0.717) is 10.7 Å². The SMILES string of the molecule is Cc1sc2ncc(C(=O)NCc3cn(CC(=O)O)nn3)c(=O)n2c1C. The Balaban J connectivity index is 1.77. The highest BCUT2D eigenvalue weighted by molar-refractivity contribution is 7.17. The van der Waals surface area contributed by atoms with E-state index in [1.165, 1.54) is 28.1 Å². The van der Waals surface area contributed by atoms with E-state index in [2.05, 4.69) is 20.6 Å². The Kier molecular flexibility index (Phi) is 4.31. The summed E-state index contributed by atoms with van der Waals surface area (Å²) in [5.41, 5.74) is 0.630. The summed E-state index contributed by atoms with van der Waals surface area (Å²) in [5, 5.41) is 18.6. The number of carboxylic acid groups (broad SMARTS) is 1. The van der Waals surface area contributed by atoms with Crippen molar-refractivity contribution in [2.24, 2.45) is 0 Å². The van der Waals surface area contributed by atoms with Crippen molar-refractivity contribution in [1.82, 2.24) is 29.7 Å². The maximum atomic E-state index is 12.5. The largest absolute Gasteiger partial charge is 0.480 e. The van der Waals surface area contributed by atoms with Gasteiger partial charge in [0.15, 0.2) is 4.96 Å². The Morgan fingerprint density at radius 2 is 2.12 bits per heavy atom. The van der Waals surface area contributed by atoms with Gasteiger partial charge in [-0.15, -0.1) is 16.4 Å². The molecular weight excluding hydrogens is 348 g/mol. The zero-order valence-corrected chi connectivity index (χ0v) is 14.2. The average molecular weight is 362 g/mol. The van der Waals surface area contributed by atoms with Gasteiger partial charge in [-0.25, -0.2) is 9.67 Å². The molecule has 11 heteroatoms. The zero-order valence-electron chi connectivity index (χ0n) is 13.4. The Labute approximate surface area is 144 Å². The van der Waals surface area contributed by atoms with Gasteiger partial charge in [0.1, 0.15) is 17.8 Å². The molecule has 0 spiro atoms. The summed E-state index contributed by atoms with van der Waals surface area (Å²) in [6, 6.07) is 0. The van der Waals surface area contributed by atoms with Crippen LogP contribution in [0.4, 0.5) is 0 Å². The van der Waals surface area contributed by atoms with Crippen LogP contribution in [0, 0.1) is 13.8 Å². The van der Waals surface area contributed by atoms with E-state index in [0.717, 1.165) is 15.3 Å². The number of aromatic nitrogens is 5. The van der Waals surface area contributed by atoms with Crippen LogP contribution in [0.3, 0.4) is 0 Å². The van der Waals surface area contributed by atoms with Gasteiger partial charge in [0.25, 0.3) is 11.5 Å². The molecule has 0 saturated heterocycles. The second-order valence-corrected chi connectivity index (χ2v) is 6.50. The van der Waals surface area contributed by atoms with Gasteiger partial charge in [0.05, 0.1) is 12.7 Å². The van der Waals surface area contributed by atoms with Gasteiger partial charge in [0.2, 0.25) is 0 Å². The summed E-state index contributed by atoms with van der Waals surface area (Å²) >= 11 is 1.38. The third kappa shape index (κ3) is 3.26. The third-order valence-electron chi connectivity index (χ3n) is 3.58. The van der Waals surface area contributed by atoms with E-state index in [-0.39, 0.29) is 18.7 Å². The van der Waals surface area contributed by atoms with Crippen LogP contribution < -0.4 is 10.9 Å². The van der Waals surface area contributed by atoms with Crippen LogP contribution in [0.1, 0.15) is 26.6 Å². The first-order valence-corrected chi connectivity index (χ1v) is 8.05. The first-order chi connectivity index (χ1) is 11.9. The fourth-order valence-corrected chi connectivity index (χ4v) is 3.16. The summed E-state index contributed by atoms with van der Waals surface area (Å²) in [7, 11) is 0. The highest BCUT2D eigenvalue weighted by Gasteiger charge is 2.17. The Morgan fingerprint density at radius 3 is 2.84 bits per heavy atom. The number of thiazole rings is 1. The standard InChI is InChI=1S/C14H14N6O4S/c1-7-8(2)25-14-16-4-10(13(24)20(7)14)12(23)15-3-9-5-19(18-17-9)6-11(21)22/h4-5H,3,6H2,1-2H3,(H,15,23)(H,21,22). The molecule has 0 unspecified atom stereocenters. The van der Waals surface area contributed by atoms with Gasteiger partial charge in [-0.05, 0) is 13.8 Å². The lowest BCUT2D eigenvalue weighted by atomic mass is 10.3. The Hall–Kier alpha value is -3.08. The molecule has 10 nitrogen and oxygen atoms in total. The minimum absolute atomic E-state index is 0.0161. The molecule has 0 radical (unpaired) electrons. The lowest BCUT2D eigenvalue weighted by Crippen LogP contribution is -2.31. The van der Waals surface area contributed by atoms with E-state index in [4.69, 9.17) is 5.11 Å². The fourth-order valence-electron chi connectivity index (χ4n) is 2.23. The fraction of sp³-hybridized carbons (Fsp3) is 0.286. The van der Waals surface area contributed by atoms with Crippen LogP contribution in [0.15, 0.2) is 17.2 Å². The first-order valence-electron chi connectivity index (χ1n) is 7.23. The maximum Gasteiger partial charge on any atom is 0.325 e. The number of aliphatic carboxylic acids is 1. The van der Waals surface area contributed by atoms with E-state index in [1.807, 2.05) is 6.92 Å². The molecule has 0 aliphatic rings. The summed E-state index contributed by atoms with van der Waals surface area (Å²) in [5.74, 6) is -1.63. The number of carbonyl (C=O) groups excluding carboxylic acids is 1. The minimum Gasteiger partial charge on any atom is -0.480 e. The summed E-state index contributed by atoms with van der Waals surface area (Å²) < 4.78 is 2.56. The van der Waals surface area contributed by atoms with E-state index in [1.54, 1.807) is 6.92 Å². The number of carboxylic acids is 1. The van der Waals surface area contributed by atoms with Crippen molar-refractivity contribution >= 4 is 28.2 Å². The predicted octanol–water partition coefficient (Wildman–Crippen LogP) is -0.0211. The van der Waals surface area contributed by atoms with Crippen molar-refractivity contribution < 1.29 is 14.7 Å². The summed E-state index contributed by atoms with van der Waals surface area (Å²) in [6.45, 7) is 3.38. The molecule has 0 saturated carbocycles.